The summed E-state index contributed by atoms with van der Waals surface area (Å²) in [5.74, 6) is 1.61. The predicted octanol–water partition coefficient (Wildman–Crippen LogP) is 7.80. The summed E-state index contributed by atoms with van der Waals surface area (Å²) in [6.45, 7) is 4.69. The largest absolute Gasteiger partial charge is 0.489 e. The Balaban J connectivity index is 1.11. The molecule has 63 heavy (non-hydrogen) atoms. The molecule has 0 saturated carbocycles. The molecule has 13 nitrogen and oxygen atoms in total. The molecule has 3 heterocycles. The monoisotopic (exact) mass is 882 g/mol. The van der Waals surface area contributed by atoms with Crippen LogP contribution in [0.25, 0.3) is 22.0 Å². The Bertz CT molecular complexity index is 2800. The second-order valence-electron chi connectivity index (χ2n) is 14.6. The number of ether oxygens (including phenoxy) is 3. The summed E-state index contributed by atoms with van der Waals surface area (Å²) in [6.07, 6.45) is 8.19. The Labute approximate surface area is 375 Å². The Kier molecular flexibility index (Phi) is 15.2. The molecule has 0 atom stereocenters. The first-order chi connectivity index (χ1) is 30.8. The normalized spacial score (nSPS) is 11.0. The lowest BCUT2D eigenvalue weighted by Crippen LogP contribution is -2.18. The first-order valence-electron chi connectivity index (χ1n) is 20.1. The minimum atomic E-state index is -0.0133. The maximum Gasteiger partial charge on any atom is 0.142 e. The molecule has 4 aromatic carbocycles. The average Bonchev–Trinajstić information content (AvgIpc) is 3.72. The maximum atomic E-state index is 9.35. The second kappa shape index (κ2) is 21.5. The van der Waals surface area contributed by atoms with Crippen LogP contribution in [0.3, 0.4) is 0 Å². The van der Waals surface area contributed by atoms with Gasteiger partial charge in [-0.25, -0.2) is 0 Å². The molecule has 320 valence electrons. The lowest BCUT2D eigenvalue weighted by atomic mass is 9.94. The van der Waals surface area contributed by atoms with Crippen LogP contribution in [0.1, 0.15) is 50.1 Å². The van der Waals surface area contributed by atoms with E-state index >= 15 is 0 Å². The van der Waals surface area contributed by atoms with Crippen molar-refractivity contribution >= 4 is 34.1 Å². The number of aliphatic hydroxyl groups excluding tert-OH is 2. The molecule has 7 aromatic rings. The molecule has 0 bridgehead atoms. The third-order valence-electron chi connectivity index (χ3n) is 10.3. The van der Waals surface area contributed by atoms with Gasteiger partial charge < -0.3 is 35.1 Å². The van der Waals surface area contributed by atoms with Crippen LogP contribution in [0.2, 0.25) is 10.0 Å². The molecule has 0 unspecified atom stereocenters. The van der Waals surface area contributed by atoms with Crippen molar-refractivity contribution in [3.8, 4) is 40.5 Å². The van der Waals surface area contributed by atoms with Gasteiger partial charge in [0.05, 0.1) is 47.6 Å². The van der Waals surface area contributed by atoms with Crippen molar-refractivity contribution in [1.82, 2.24) is 30.4 Å². The van der Waals surface area contributed by atoms with Gasteiger partial charge in [0.15, 0.2) is 0 Å². The van der Waals surface area contributed by atoms with Crippen LogP contribution in [0.5, 0.6) is 17.2 Å². The number of nitriles is 2. The highest BCUT2D eigenvalue weighted by Crippen LogP contribution is 2.37. The topological polar surface area (TPSA) is 183 Å². The lowest BCUT2D eigenvalue weighted by molar-refractivity contribution is 0.282. The molecule has 0 fully saturated rings. The zero-order valence-electron chi connectivity index (χ0n) is 34.4. The minimum absolute atomic E-state index is 0.00574. The van der Waals surface area contributed by atoms with Gasteiger partial charge in [0.2, 0.25) is 0 Å². The second-order valence-corrected chi connectivity index (χ2v) is 15.4. The Morgan fingerprint density at radius 3 is 1.86 bits per heavy atom. The lowest BCUT2D eigenvalue weighted by Gasteiger charge is -2.17. The number of hydrogen-bond donors (Lipinski definition) is 4. The maximum absolute atomic E-state index is 9.35. The number of rotatable bonds is 20. The summed E-state index contributed by atoms with van der Waals surface area (Å²) in [5, 5.41) is 50.4. The van der Waals surface area contributed by atoms with Crippen LogP contribution in [0.4, 0.5) is 0 Å². The van der Waals surface area contributed by atoms with Gasteiger partial charge in [-0.3, -0.25) is 14.6 Å². The van der Waals surface area contributed by atoms with E-state index in [2.05, 4.69) is 51.8 Å². The summed E-state index contributed by atoms with van der Waals surface area (Å²) in [5.41, 5.74) is 9.75. The van der Waals surface area contributed by atoms with Crippen molar-refractivity contribution in [2.45, 2.75) is 46.4 Å². The van der Waals surface area contributed by atoms with Crippen LogP contribution >= 0.6 is 23.2 Å². The van der Waals surface area contributed by atoms with Gasteiger partial charge >= 0.3 is 0 Å². The van der Waals surface area contributed by atoms with Gasteiger partial charge in [-0.2, -0.15) is 15.6 Å². The molecule has 0 radical (unpaired) electrons. The number of aromatic nitrogens is 4. The van der Waals surface area contributed by atoms with E-state index in [1.165, 1.54) is 12.4 Å². The van der Waals surface area contributed by atoms with Crippen LogP contribution < -0.4 is 24.8 Å². The van der Waals surface area contributed by atoms with Crippen LogP contribution in [0.15, 0.2) is 104 Å². The summed E-state index contributed by atoms with van der Waals surface area (Å²) in [7, 11) is 0. The number of pyridine rings is 2. The smallest absolute Gasteiger partial charge is 0.142 e. The third-order valence-corrected chi connectivity index (χ3v) is 11.0. The van der Waals surface area contributed by atoms with Crippen molar-refractivity contribution in [3.05, 3.63) is 164 Å². The van der Waals surface area contributed by atoms with Gasteiger partial charge in [0.25, 0.3) is 0 Å². The fourth-order valence-electron chi connectivity index (χ4n) is 7.08. The number of hydrogen-bond acceptors (Lipinski definition) is 12. The van der Waals surface area contributed by atoms with Crippen LogP contribution in [-0.2, 0) is 39.5 Å². The van der Waals surface area contributed by atoms with Crippen molar-refractivity contribution in [2.24, 2.45) is 0 Å². The van der Waals surface area contributed by atoms with E-state index in [4.69, 9.17) is 42.5 Å². The van der Waals surface area contributed by atoms with E-state index in [1.807, 2.05) is 47.3 Å². The molecule has 0 aliphatic heterocycles. The molecule has 0 saturated heterocycles. The zero-order chi connectivity index (χ0) is 44.1. The predicted molar refractivity (Wildman–Crippen MR) is 240 cm³/mol. The molecule has 0 aliphatic carbocycles. The average molecular weight is 884 g/mol. The van der Waals surface area contributed by atoms with Crippen LogP contribution in [-0.4, -0.2) is 56.3 Å². The first kappa shape index (κ1) is 44.5. The molecule has 0 aliphatic rings. The summed E-state index contributed by atoms with van der Waals surface area (Å²) in [4.78, 5) is 8.29. The van der Waals surface area contributed by atoms with E-state index in [-0.39, 0.29) is 33.0 Å². The number of nitrogens with zero attached hydrogens (tertiary/aromatic N) is 6. The SMILES string of the molecule is Cc1c(COc2cc(OCc3cncc(C#N)c3)c(CNCCO)cc2Cl)cccc1-c1cccc2c1cnn2Cc1cc(OCc2cncc(C#N)c2)c(CNCCO)cc1Cl. The van der Waals surface area contributed by atoms with E-state index in [9.17, 15) is 20.7 Å². The number of fused-ring (bicyclic) bond motifs is 1. The molecule has 0 spiro atoms. The van der Waals surface area contributed by atoms with Gasteiger partial charge in [-0.05, 0) is 71.1 Å². The molecule has 15 heteroatoms. The van der Waals surface area contributed by atoms with Crippen molar-refractivity contribution in [2.75, 3.05) is 26.3 Å². The van der Waals surface area contributed by atoms with Gasteiger partial charge in [-0.15, -0.1) is 0 Å². The summed E-state index contributed by atoms with van der Waals surface area (Å²) < 4.78 is 20.8. The summed E-state index contributed by atoms with van der Waals surface area (Å²) >= 11 is 13.7. The van der Waals surface area contributed by atoms with E-state index in [0.717, 1.165) is 61.0 Å². The molecular formula is C48H44Cl2N8O5. The quantitative estimate of drug-likeness (QED) is 0.0546. The van der Waals surface area contributed by atoms with Crippen molar-refractivity contribution in [3.63, 3.8) is 0 Å². The van der Waals surface area contributed by atoms with Crippen molar-refractivity contribution < 1.29 is 24.4 Å². The van der Waals surface area contributed by atoms with Crippen LogP contribution in [0, 0.1) is 29.6 Å². The number of halogens is 2. The third kappa shape index (κ3) is 11.1. The number of nitrogens with one attached hydrogen (secondary N) is 2. The molecule has 4 N–H and O–H groups in total. The highest BCUT2D eigenvalue weighted by Gasteiger charge is 2.18. The Hall–Kier alpha value is -6.55. The zero-order valence-corrected chi connectivity index (χ0v) is 36.0. The van der Waals surface area contributed by atoms with E-state index in [0.29, 0.717) is 71.1 Å². The van der Waals surface area contributed by atoms with E-state index < -0.39 is 0 Å². The van der Waals surface area contributed by atoms with E-state index in [1.54, 1.807) is 36.7 Å². The van der Waals surface area contributed by atoms with Gasteiger partial charge in [0, 0.05) is 89.7 Å². The molecule has 3 aromatic heterocycles. The highest BCUT2D eigenvalue weighted by molar-refractivity contribution is 6.32. The van der Waals surface area contributed by atoms with Gasteiger partial charge in [-0.1, -0.05) is 53.5 Å². The number of aliphatic hydroxyl groups is 2. The fraction of sp³-hybridized carbons (Fsp3) is 0.229. The van der Waals surface area contributed by atoms with Gasteiger partial charge in [0.1, 0.15) is 49.2 Å². The molecule has 7 rings (SSSR count). The summed E-state index contributed by atoms with van der Waals surface area (Å²) in [6, 6.07) is 27.3. The number of benzene rings is 4. The standard InChI is InChI=1S/C48H44Cl2N8O5/c1-31-36(30-63-48-17-47(38(15-44(48)50)25-54-9-11-60)62-29-35-13-33(19-52)21-56-23-35)4-2-5-40(31)41-6-3-7-45-42(41)26-57-58(45)27-39-16-46(37(14-43(39)49)24-53-8-10-59)61-28-34-12-32(18-51)20-55-22-34/h2-7,12-17,20-23,26,53-54,59-60H,8-11,24-25,27-30H2,1H3. The minimum Gasteiger partial charge on any atom is -0.489 e. The Morgan fingerprint density at radius 1 is 0.635 bits per heavy atom. The Morgan fingerprint density at radius 2 is 1.22 bits per heavy atom. The first-order valence-corrected chi connectivity index (χ1v) is 20.9. The van der Waals surface area contributed by atoms with Crippen molar-refractivity contribution in [1.29, 1.82) is 10.5 Å². The highest BCUT2D eigenvalue weighted by atomic mass is 35.5. The molecular weight excluding hydrogens is 839 g/mol. The molecule has 0 amide bonds. The fourth-order valence-corrected chi connectivity index (χ4v) is 7.57.